The van der Waals surface area contributed by atoms with Gasteiger partial charge >= 0.3 is 0 Å². The van der Waals surface area contributed by atoms with E-state index in [1.54, 1.807) is 43.2 Å². The predicted molar refractivity (Wildman–Crippen MR) is 139 cm³/mol. The highest BCUT2D eigenvalue weighted by Crippen LogP contribution is 2.60. The molecule has 4 atom stereocenters. The fraction of sp³-hybridized carbons (Fsp3) is 0.444. The van der Waals surface area contributed by atoms with Gasteiger partial charge in [-0.1, -0.05) is 37.3 Å². The molecule has 0 bridgehead atoms. The van der Waals surface area contributed by atoms with E-state index in [9.17, 15) is 14.7 Å². The molecule has 0 unspecified atom stereocenters. The van der Waals surface area contributed by atoms with Crippen LogP contribution >= 0.6 is 0 Å². The first-order valence-corrected chi connectivity index (χ1v) is 15.4. The van der Waals surface area contributed by atoms with E-state index in [0.29, 0.717) is 29.8 Å². The van der Waals surface area contributed by atoms with E-state index in [-0.39, 0.29) is 24.8 Å². The third kappa shape index (κ3) is 3.72. The number of rotatable bonds is 5. The Morgan fingerprint density at radius 3 is 2.56 bits per heavy atom. The first-order valence-electron chi connectivity index (χ1n) is 12.5. The third-order valence-electron chi connectivity index (χ3n) is 7.87. The molecule has 1 spiro atoms. The number of likely N-dealkylation sites (N-methyl/N-ethyl adjacent to an activating group) is 1. The van der Waals surface area contributed by atoms with Crippen molar-refractivity contribution in [3.05, 3.63) is 59.7 Å². The fourth-order valence-corrected chi connectivity index (χ4v) is 8.80. The first-order chi connectivity index (χ1) is 17.1. The number of anilines is 2. The molecule has 3 heterocycles. The maximum atomic E-state index is 15.6. The topological polar surface area (TPSA) is 82.4 Å². The Morgan fingerprint density at radius 1 is 1.17 bits per heavy atom. The molecule has 190 valence electrons. The fourth-order valence-electron chi connectivity index (χ4n) is 6.26. The van der Waals surface area contributed by atoms with Crippen LogP contribution in [0.3, 0.4) is 0 Å². The number of carbonyl (C=O) groups excluding carboxylic acids is 2. The number of hydrazone groups is 1. The monoisotopic (exact) mass is 509 g/mol. The lowest BCUT2D eigenvalue weighted by molar-refractivity contribution is -0.146. The van der Waals surface area contributed by atoms with Gasteiger partial charge in [0, 0.05) is 43.5 Å². The number of hydrogen-bond donors (Lipinski definition) is 1. The molecule has 3 aliphatic heterocycles. The highest BCUT2D eigenvalue weighted by atomic mass is 28.4. The first kappa shape index (κ1) is 24.8. The largest absolute Gasteiger partial charge is 0.396 e. The van der Waals surface area contributed by atoms with Crippen LogP contribution in [-0.4, -0.2) is 50.8 Å². The van der Waals surface area contributed by atoms with Crippen LogP contribution in [0.5, 0.6) is 0 Å². The lowest BCUT2D eigenvalue weighted by atomic mass is 9.82. The van der Waals surface area contributed by atoms with Crippen molar-refractivity contribution < 1.29 is 23.5 Å². The number of aliphatic hydroxyl groups excluding tert-OH is 1. The van der Waals surface area contributed by atoms with E-state index in [2.05, 4.69) is 5.10 Å². The zero-order valence-electron chi connectivity index (χ0n) is 21.1. The zero-order valence-corrected chi connectivity index (χ0v) is 22.1. The van der Waals surface area contributed by atoms with Crippen molar-refractivity contribution in [3.8, 4) is 0 Å². The van der Waals surface area contributed by atoms with Crippen LogP contribution in [0, 0.1) is 5.92 Å². The number of benzene rings is 2. The Morgan fingerprint density at radius 2 is 1.89 bits per heavy atom. The summed E-state index contributed by atoms with van der Waals surface area (Å²) in [6.07, 6.45) is 0.571. The maximum Gasteiger partial charge on any atom is 0.264 e. The molecule has 2 aromatic carbocycles. The van der Waals surface area contributed by atoms with Crippen molar-refractivity contribution in [1.29, 1.82) is 0 Å². The standard InChI is InChI=1S/C27H32FN3O4Si/c1-17-25(36(3,4)28)23(14-15-32)35-27(17)20-16-19(10-12-22(20)30(2)26(27)34)31-24(33)13-11-21(29-31)18-8-6-5-7-9-18/h5-10,12,16-17,23,25,32H,11,13-15H2,1-4H3/t17-,23+,25-,27+/m0/s1. The van der Waals surface area contributed by atoms with Gasteiger partial charge in [-0.05, 0) is 43.3 Å². The number of nitrogens with zero attached hydrogens (tertiary/aromatic N) is 3. The molecule has 5 rings (SSSR count). The number of amides is 2. The molecule has 1 saturated heterocycles. The van der Waals surface area contributed by atoms with Gasteiger partial charge in [0.25, 0.3) is 5.91 Å². The minimum atomic E-state index is -3.25. The van der Waals surface area contributed by atoms with Gasteiger partial charge in [0.2, 0.25) is 14.3 Å². The SMILES string of the molecule is C[C@H]1[C@H]([Si](C)(C)F)[C@@H](CCO)O[C@]12C(=O)N(C)c1ccc(N3N=C(c4ccccc4)CCC3=O)cc12. The molecule has 0 aliphatic carbocycles. The Labute approximate surface area is 211 Å². The summed E-state index contributed by atoms with van der Waals surface area (Å²) in [5, 5.41) is 15.7. The van der Waals surface area contributed by atoms with Crippen LogP contribution in [-0.2, 0) is 19.9 Å². The Balaban J connectivity index is 1.61. The molecule has 3 aliphatic rings. The molecule has 7 nitrogen and oxygen atoms in total. The van der Waals surface area contributed by atoms with E-state index in [4.69, 9.17) is 4.74 Å². The third-order valence-corrected chi connectivity index (χ3v) is 10.3. The lowest BCUT2D eigenvalue weighted by Crippen LogP contribution is -2.44. The Kier molecular flexibility index (Phi) is 6.13. The Bertz CT molecular complexity index is 1230. The van der Waals surface area contributed by atoms with E-state index in [1.807, 2.05) is 37.3 Å². The average Bonchev–Trinajstić information content (AvgIpc) is 3.26. The van der Waals surface area contributed by atoms with Crippen LogP contribution in [0.15, 0.2) is 53.6 Å². The summed E-state index contributed by atoms with van der Waals surface area (Å²) >= 11 is 0. The van der Waals surface area contributed by atoms with Crippen LogP contribution in [0.1, 0.15) is 37.3 Å². The average molecular weight is 510 g/mol. The summed E-state index contributed by atoms with van der Waals surface area (Å²) in [5.41, 5.74) is 1.79. The smallest absolute Gasteiger partial charge is 0.264 e. The van der Waals surface area contributed by atoms with Gasteiger partial charge in [0.05, 0.1) is 23.2 Å². The van der Waals surface area contributed by atoms with Crippen LogP contribution in [0.25, 0.3) is 0 Å². The van der Waals surface area contributed by atoms with Gasteiger partial charge in [-0.15, -0.1) is 0 Å². The van der Waals surface area contributed by atoms with Crippen molar-refractivity contribution in [3.63, 3.8) is 0 Å². The number of ether oxygens (including phenoxy) is 1. The molecule has 36 heavy (non-hydrogen) atoms. The van der Waals surface area contributed by atoms with Gasteiger partial charge in [-0.3, -0.25) is 9.59 Å². The summed E-state index contributed by atoms with van der Waals surface area (Å²) < 4.78 is 22.0. The normalized spacial score (nSPS) is 28.2. The second-order valence-corrected chi connectivity index (χ2v) is 14.3. The van der Waals surface area contributed by atoms with Gasteiger partial charge in [0.1, 0.15) is 0 Å². The van der Waals surface area contributed by atoms with Gasteiger partial charge in [-0.2, -0.15) is 5.10 Å². The van der Waals surface area contributed by atoms with Crippen LogP contribution in [0.2, 0.25) is 18.6 Å². The minimum absolute atomic E-state index is 0.130. The summed E-state index contributed by atoms with van der Waals surface area (Å²) in [6, 6.07) is 15.1. The van der Waals surface area contributed by atoms with Crippen molar-refractivity contribution in [2.24, 2.45) is 11.0 Å². The number of carbonyl (C=O) groups is 2. The quantitative estimate of drug-likeness (QED) is 0.480. The molecule has 0 radical (unpaired) electrons. The minimum Gasteiger partial charge on any atom is -0.396 e. The molecule has 2 aromatic rings. The maximum absolute atomic E-state index is 15.6. The highest BCUT2D eigenvalue weighted by Gasteiger charge is 2.66. The number of halogens is 1. The molecule has 0 saturated carbocycles. The van der Waals surface area contributed by atoms with Crippen molar-refractivity contribution >= 4 is 37.3 Å². The van der Waals surface area contributed by atoms with Gasteiger partial charge in [-0.25, -0.2) is 5.01 Å². The van der Waals surface area contributed by atoms with E-state index in [0.717, 1.165) is 11.3 Å². The number of aliphatic hydroxyl groups is 1. The van der Waals surface area contributed by atoms with Crippen molar-refractivity contribution in [2.45, 2.75) is 56.5 Å². The van der Waals surface area contributed by atoms with Crippen LogP contribution < -0.4 is 9.91 Å². The van der Waals surface area contributed by atoms with E-state index < -0.39 is 31.6 Å². The van der Waals surface area contributed by atoms with E-state index in [1.165, 1.54) is 5.01 Å². The molecule has 0 aromatic heterocycles. The van der Waals surface area contributed by atoms with Crippen LogP contribution in [0.4, 0.5) is 15.5 Å². The Hall–Kier alpha value is -2.88. The summed E-state index contributed by atoms with van der Waals surface area (Å²) in [5.74, 6) is -0.813. The molecule has 1 N–H and O–H groups in total. The zero-order chi connectivity index (χ0) is 25.8. The lowest BCUT2D eigenvalue weighted by Gasteiger charge is -2.31. The summed E-state index contributed by atoms with van der Waals surface area (Å²) in [6.45, 7) is 4.99. The second kappa shape index (κ2) is 8.90. The molecule has 2 amide bonds. The number of fused-ring (bicyclic) bond motifs is 2. The second-order valence-electron chi connectivity index (χ2n) is 10.5. The van der Waals surface area contributed by atoms with Crippen molar-refractivity contribution in [2.75, 3.05) is 23.6 Å². The molecule has 9 heteroatoms. The molecule has 1 fully saturated rings. The number of hydrogen-bond acceptors (Lipinski definition) is 5. The van der Waals surface area contributed by atoms with Gasteiger partial charge < -0.3 is 18.9 Å². The summed E-state index contributed by atoms with van der Waals surface area (Å²) in [7, 11) is -1.56. The molecular formula is C27H32FN3O4Si. The highest BCUT2D eigenvalue weighted by molar-refractivity contribution is 6.72. The van der Waals surface area contributed by atoms with Gasteiger partial charge in [0.15, 0.2) is 5.60 Å². The predicted octanol–water partition coefficient (Wildman–Crippen LogP) is 4.35. The summed E-state index contributed by atoms with van der Waals surface area (Å²) in [4.78, 5) is 28.2. The molecular weight excluding hydrogens is 477 g/mol. The van der Waals surface area contributed by atoms with Crippen molar-refractivity contribution in [1.82, 2.24) is 0 Å². The van der Waals surface area contributed by atoms with E-state index >= 15 is 4.11 Å².